The summed E-state index contributed by atoms with van der Waals surface area (Å²) in [6, 6.07) is 6.14. The average Bonchev–Trinajstić information content (AvgIpc) is 3.28. The first-order valence-electron chi connectivity index (χ1n) is 7.95. The van der Waals surface area contributed by atoms with Crippen LogP contribution in [-0.2, 0) is 0 Å². The molecule has 2 N–H and O–H groups in total. The number of amides is 1. The van der Waals surface area contributed by atoms with Gasteiger partial charge in [0.05, 0.1) is 6.26 Å². The van der Waals surface area contributed by atoms with Crippen molar-refractivity contribution in [2.75, 3.05) is 13.1 Å². The number of fused-ring (bicyclic) bond motifs is 1. The van der Waals surface area contributed by atoms with Gasteiger partial charge < -0.3 is 9.73 Å². The van der Waals surface area contributed by atoms with Crippen LogP contribution < -0.4 is 5.32 Å². The smallest absolute Gasteiger partial charge is 0.272 e. The van der Waals surface area contributed by atoms with Crippen molar-refractivity contribution in [1.82, 2.24) is 20.4 Å². The predicted molar refractivity (Wildman–Crippen MR) is 81.4 cm³/mol. The maximum Gasteiger partial charge on any atom is 0.272 e. The van der Waals surface area contributed by atoms with E-state index in [1.54, 1.807) is 12.3 Å². The minimum atomic E-state index is -0.105. The van der Waals surface area contributed by atoms with Crippen molar-refractivity contribution in [1.29, 1.82) is 0 Å². The molecule has 116 valence electrons. The van der Waals surface area contributed by atoms with Crippen molar-refractivity contribution in [3.05, 3.63) is 30.2 Å². The summed E-state index contributed by atoms with van der Waals surface area (Å²) in [6.07, 6.45) is 6.36. The maximum absolute atomic E-state index is 12.4. The number of piperidine rings is 1. The number of aromatic nitrogens is 2. The van der Waals surface area contributed by atoms with E-state index in [4.69, 9.17) is 4.42 Å². The van der Waals surface area contributed by atoms with E-state index < -0.39 is 0 Å². The molecular formula is C16H20N4O2. The molecule has 2 aromatic heterocycles. The highest BCUT2D eigenvalue weighted by atomic mass is 16.3. The van der Waals surface area contributed by atoms with Crippen LogP contribution in [0.3, 0.4) is 0 Å². The van der Waals surface area contributed by atoms with Crippen LogP contribution in [0.1, 0.15) is 36.2 Å². The summed E-state index contributed by atoms with van der Waals surface area (Å²) >= 11 is 0. The summed E-state index contributed by atoms with van der Waals surface area (Å²) < 4.78 is 5.31. The molecule has 6 nitrogen and oxygen atoms in total. The molecule has 6 heteroatoms. The van der Waals surface area contributed by atoms with Gasteiger partial charge in [-0.2, -0.15) is 5.10 Å². The third kappa shape index (κ3) is 2.43. The standard InChI is InChI=1S/C16H20N4O2/c21-16(13-10-12(18-19-13)15-5-3-9-22-15)17-11-6-8-20-7-2-1-4-14(11)20/h3,5,9-11,14H,1-2,4,6-8H2,(H,17,21)(H,18,19)/t11-,14-/m0/s1. The van der Waals surface area contributed by atoms with Crippen LogP contribution in [0.25, 0.3) is 11.5 Å². The van der Waals surface area contributed by atoms with Gasteiger partial charge in [0.2, 0.25) is 0 Å². The largest absolute Gasteiger partial charge is 0.463 e. The molecule has 2 aromatic rings. The van der Waals surface area contributed by atoms with Crippen LogP contribution in [0, 0.1) is 0 Å². The molecule has 4 rings (SSSR count). The van der Waals surface area contributed by atoms with Crippen molar-refractivity contribution in [2.45, 2.75) is 37.8 Å². The highest BCUT2D eigenvalue weighted by Crippen LogP contribution is 2.27. The number of nitrogens with zero attached hydrogens (tertiary/aromatic N) is 2. The first-order valence-corrected chi connectivity index (χ1v) is 7.95. The Bertz CT molecular complexity index is 649. The number of aromatic amines is 1. The Morgan fingerprint density at radius 3 is 3.18 bits per heavy atom. The fourth-order valence-corrected chi connectivity index (χ4v) is 3.65. The topological polar surface area (TPSA) is 74.2 Å². The average molecular weight is 300 g/mol. The molecule has 0 unspecified atom stereocenters. The zero-order valence-electron chi connectivity index (χ0n) is 12.4. The number of furan rings is 1. The summed E-state index contributed by atoms with van der Waals surface area (Å²) in [6.45, 7) is 2.26. The lowest BCUT2D eigenvalue weighted by atomic mass is 9.99. The third-order valence-electron chi connectivity index (χ3n) is 4.77. The Balaban J connectivity index is 1.44. The molecule has 0 saturated carbocycles. The molecule has 0 radical (unpaired) electrons. The van der Waals surface area contributed by atoms with E-state index in [0.717, 1.165) is 18.7 Å². The van der Waals surface area contributed by atoms with Crippen molar-refractivity contribution in [3.8, 4) is 11.5 Å². The first-order chi connectivity index (χ1) is 10.8. The predicted octanol–water partition coefficient (Wildman–Crippen LogP) is 2.03. The van der Waals surface area contributed by atoms with Crippen LogP contribution in [0.5, 0.6) is 0 Å². The van der Waals surface area contributed by atoms with E-state index in [-0.39, 0.29) is 11.9 Å². The molecule has 0 spiro atoms. The lowest BCUT2D eigenvalue weighted by Gasteiger charge is -2.32. The van der Waals surface area contributed by atoms with Gasteiger partial charge in [-0.3, -0.25) is 14.8 Å². The second kappa shape index (κ2) is 5.61. The lowest BCUT2D eigenvalue weighted by molar-refractivity contribution is 0.0910. The van der Waals surface area contributed by atoms with Gasteiger partial charge in [-0.15, -0.1) is 0 Å². The van der Waals surface area contributed by atoms with Crippen molar-refractivity contribution < 1.29 is 9.21 Å². The number of hydrogen-bond acceptors (Lipinski definition) is 4. The van der Waals surface area contributed by atoms with Crippen LogP contribution in [0.4, 0.5) is 0 Å². The molecule has 2 fully saturated rings. The highest BCUT2D eigenvalue weighted by molar-refractivity contribution is 5.93. The summed E-state index contributed by atoms with van der Waals surface area (Å²) in [4.78, 5) is 14.9. The highest BCUT2D eigenvalue weighted by Gasteiger charge is 2.36. The number of carbonyl (C=O) groups excluding carboxylic acids is 1. The van der Waals surface area contributed by atoms with Gasteiger partial charge in [0.1, 0.15) is 5.69 Å². The van der Waals surface area contributed by atoms with Gasteiger partial charge >= 0.3 is 0 Å². The normalized spacial score (nSPS) is 25.1. The quantitative estimate of drug-likeness (QED) is 0.909. The van der Waals surface area contributed by atoms with Crippen LogP contribution in [0.2, 0.25) is 0 Å². The monoisotopic (exact) mass is 300 g/mol. The van der Waals surface area contributed by atoms with E-state index in [2.05, 4.69) is 20.4 Å². The molecule has 0 aromatic carbocycles. The fraction of sp³-hybridized carbons (Fsp3) is 0.500. The van der Waals surface area contributed by atoms with Gasteiger partial charge in [-0.1, -0.05) is 6.42 Å². The van der Waals surface area contributed by atoms with E-state index in [0.29, 0.717) is 17.5 Å². The minimum absolute atomic E-state index is 0.105. The number of rotatable bonds is 3. The van der Waals surface area contributed by atoms with E-state index in [9.17, 15) is 4.79 Å². The summed E-state index contributed by atoms with van der Waals surface area (Å²) in [5.41, 5.74) is 1.14. The van der Waals surface area contributed by atoms with Gasteiger partial charge in [-0.05, 0) is 37.9 Å². The fourth-order valence-electron chi connectivity index (χ4n) is 3.65. The Morgan fingerprint density at radius 2 is 2.32 bits per heavy atom. The number of nitrogens with one attached hydrogen (secondary N) is 2. The second-order valence-electron chi connectivity index (χ2n) is 6.11. The van der Waals surface area contributed by atoms with E-state index >= 15 is 0 Å². The molecule has 1 amide bonds. The summed E-state index contributed by atoms with van der Waals surface area (Å²) in [7, 11) is 0. The van der Waals surface area contributed by atoms with Gasteiger partial charge in [0.25, 0.3) is 5.91 Å². The Morgan fingerprint density at radius 1 is 1.36 bits per heavy atom. The molecule has 0 bridgehead atoms. The Labute approximate surface area is 128 Å². The van der Waals surface area contributed by atoms with Crippen molar-refractivity contribution >= 4 is 5.91 Å². The number of carbonyl (C=O) groups is 1. The van der Waals surface area contributed by atoms with E-state index in [1.807, 2.05) is 12.1 Å². The molecule has 2 saturated heterocycles. The molecule has 4 heterocycles. The second-order valence-corrected chi connectivity index (χ2v) is 6.11. The zero-order chi connectivity index (χ0) is 14.9. The van der Waals surface area contributed by atoms with Crippen LogP contribution in [-0.4, -0.2) is 46.2 Å². The third-order valence-corrected chi connectivity index (χ3v) is 4.77. The molecule has 2 atom stereocenters. The molecule has 0 aliphatic carbocycles. The zero-order valence-corrected chi connectivity index (χ0v) is 12.4. The van der Waals surface area contributed by atoms with Crippen LogP contribution in [0.15, 0.2) is 28.9 Å². The van der Waals surface area contributed by atoms with Gasteiger partial charge in [0.15, 0.2) is 11.5 Å². The van der Waals surface area contributed by atoms with E-state index in [1.165, 1.54) is 25.8 Å². The Hall–Kier alpha value is -2.08. The lowest BCUT2D eigenvalue weighted by Crippen LogP contribution is -2.46. The number of hydrogen-bond donors (Lipinski definition) is 2. The Kier molecular flexibility index (Phi) is 3.46. The molecule has 2 aliphatic rings. The van der Waals surface area contributed by atoms with Crippen LogP contribution >= 0.6 is 0 Å². The van der Waals surface area contributed by atoms with Gasteiger partial charge in [0, 0.05) is 24.7 Å². The molecular weight excluding hydrogens is 280 g/mol. The molecule has 2 aliphatic heterocycles. The van der Waals surface area contributed by atoms with Gasteiger partial charge in [-0.25, -0.2) is 0 Å². The number of H-pyrrole nitrogens is 1. The van der Waals surface area contributed by atoms with Crippen molar-refractivity contribution in [2.24, 2.45) is 0 Å². The summed E-state index contributed by atoms with van der Waals surface area (Å²) in [5.74, 6) is 0.581. The summed E-state index contributed by atoms with van der Waals surface area (Å²) in [5, 5.41) is 10.1. The first kappa shape index (κ1) is 13.6. The SMILES string of the molecule is O=C(N[C@H]1CCN2CCCC[C@@H]12)c1cc(-c2ccco2)[nH]n1. The maximum atomic E-state index is 12.4. The minimum Gasteiger partial charge on any atom is -0.463 e. The molecule has 22 heavy (non-hydrogen) atoms. The van der Waals surface area contributed by atoms with Crippen molar-refractivity contribution in [3.63, 3.8) is 0 Å².